The van der Waals surface area contributed by atoms with Gasteiger partial charge < -0.3 is 30.0 Å². The van der Waals surface area contributed by atoms with Crippen LogP contribution in [-0.4, -0.2) is 31.7 Å². The Morgan fingerprint density at radius 1 is 0.613 bits per heavy atom. The maximum Gasteiger partial charge on any atom is 0.119 e. The molecule has 0 fully saturated rings. The highest BCUT2D eigenvalue weighted by atomic mass is 16.9. The summed E-state index contributed by atoms with van der Waals surface area (Å²) in [6, 6.07) is 25.1. The molecule has 0 spiro atoms. The van der Waals surface area contributed by atoms with Gasteiger partial charge in [0.2, 0.25) is 0 Å². The molecule has 0 saturated heterocycles. The van der Waals surface area contributed by atoms with E-state index in [2.05, 4.69) is 0 Å². The van der Waals surface area contributed by atoms with Crippen molar-refractivity contribution in [1.82, 2.24) is 5.23 Å². The highest BCUT2D eigenvalue weighted by Crippen LogP contribution is 2.17. The average Bonchev–Trinajstić information content (AvgIpc) is 2.81. The number of hydrogen-bond donors (Lipinski definition) is 0. The first-order valence-electron chi connectivity index (χ1n) is 9.83. The Morgan fingerprint density at radius 2 is 1.19 bits per heavy atom. The Morgan fingerprint density at radius 3 is 1.81 bits per heavy atom. The van der Waals surface area contributed by atoms with E-state index < -0.39 is 0 Å². The van der Waals surface area contributed by atoms with Gasteiger partial charge in [0, 0.05) is 6.54 Å². The van der Waals surface area contributed by atoms with Gasteiger partial charge >= 0.3 is 0 Å². The molecular weight excluding hydrogens is 400 g/mol. The summed E-state index contributed by atoms with van der Waals surface area (Å²) in [4.78, 5) is 10.2. The number of hydrogen-bond acceptors (Lipinski definition) is 8. The first-order valence-corrected chi connectivity index (χ1v) is 9.83. The van der Waals surface area contributed by atoms with Crippen LogP contribution in [0.3, 0.4) is 0 Å². The molecule has 0 aliphatic rings. The van der Waals surface area contributed by atoms with E-state index in [0.29, 0.717) is 27.5 Å². The number of benzene rings is 3. The summed E-state index contributed by atoms with van der Waals surface area (Å²) in [5.74, 6) is 1.41. The molecule has 0 N–H and O–H groups in total. The van der Waals surface area contributed by atoms with Crippen LogP contribution in [0, 0.1) is 10.4 Å². The number of anilines is 1. The van der Waals surface area contributed by atoms with Crippen molar-refractivity contribution < 1.29 is 19.1 Å². The molecule has 164 valence electrons. The predicted octanol–water partition coefficient (Wildman–Crippen LogP) is 4.31. The Balaban J connectivity index is 1.36. The van der Waals surface area contributed by atoms with Crippen LogP contribution in [0.15, 0.2) is 84.9 Å². The van der Waals surface area contributed by atoms with E-state index in [9.17, 15) is 10.4 Å². The van der Waals surface area contributed by atoms with Crippen LogP contribution in [0.25, 0.3) is 0 Å². The molecule has 0 atom stereocenters. The Bertz CT molecular complexity index is 882. The third-order valence-corrected chi connectivity index (χ3v) is 4.07. The second-order valence-corrected chi connectivity index (χ2v) is 6.41. The van der Waals surface area contributed by atoms with Crippen molar-refractivity contribution >= 4 is 5.69 Å². The van der Waals surface area contributed by atoms with Crippen LogP contribution in [0.2, 0.25) is 0 Å². The lowest BCUT2D eigenvalue weighted by Gasteiger charge is -2.30. The van der Waals surface area contributed by atoms with Crippen molar-refractivity contribution in [1.29, 1.82) is 0 Å². The van der Waals surface area contributed by atoms with Crippen molar-refractivity contribution in [2.45, 2.75) is 6.54 Å². The van der Waals surface area contributed by atoms with Crippen LogP contribution < -0.4 is 14.7 Å². The minimum atomic E-state index is -0.0376. The molecule has 31 heavy (non-hydrogen) atoms. The summed E-state index contributed by atoms with van der Waals surface area (Å²) < 4.78 is 10.9. The number of ether oxygens (including phenoxy) is 2. The average molecular weight is 424 g/mol. The second kappa shape index (κ2) is 12.5. The van der Waals surface area contributed by atoms with E-state index in [1.807, 2.05) is 60.7 Å². The van der Waals surface area contributed by atoms with Gasteiger partial charge in [0.25, 0.3) is 0 Å². The van der Waals surface area contributed by atoms with Gasteiger partial charge in [0.05, 0.1) is 5.69 Å². The topological polar surface area (TPSA) is 89.5 Å². The van der Waals surface area contributed by atoms with Crippen molar-refractivity contribution in [3.05, 3.63) is 101 Å². The van der Waals surface area contributed by atoms with Crippen LogP contribution in [-0.2, 0) is 16.2 Å². The number of hydroxylamine groups is 2. The van der Waals surface area contributed by atoms with Crippen molar-refractivity contribution in [3.8, 4) is 11.5 Å². The maximum atomic E-state index is 12.1. The van der Waals surface area contributed by atoms with Crippen LogP contribution in [0.4, 0.5) is 5.69 Å². The molecule has 8 heteroatoms. The van der Waals surface area contributed by atoms with Gasteiger partial charge in [0.15, 0.2) is 0 Å². The van der Waals surface area contributed by atoms with Crippen molar-refractivity contribution in [3.63, 3.8) is 0 Å². The first-order chi connectivity index (χ1) is 15.2. The molecule has 0 unspecified atom stereocenters. The molecule has 0 aliphatic carbocycles. The highest BCUT2D eigenvalue weighted by Gasteiger charge is 2.02. The van der Waals surface area contributed by atoms with Gasteiger partial charge in [-0.2, -0.15) is 0 Å². The smallest absolute Gasteiger partial charge is 0.119 e. The lowest BCUT2D eigenvalue weighted by molar-refractivity contribution is -0.133. The van der Waals surface area contributed by atoms with Gasteiger partial charge in [-0.3, -0.25) is 10.1 Å². The number of para-hydroxylation sites is 2. The summed E-state index contributed by atoms with van der Waals surface area (Å²) in [6.45, 7) is 0.632. The fourth-order valence-electron chi connectivity index (χ4n) is 2.65. The van der Waals surface area contributed by atoms with Crippen LogP contribution in [0.5, 0.6) is 11.5 Å². The largest absolute Gasteiger partial charge is 0.762 e. The Kier molecular flexibility index (Phi) is 9.11. The van der Waals surface area contributed by atoms with Crippen LogP contribution in [0.1, 0.15) is 5.56 Å². The van der Waals surface area contributed by atoms with Crippen molar-refractivity contribution in [2.24, 2.45) is 0 Å². The molecule has 3 aromatic rings. The number of rotatable bonds is 13. The lowest BCUT2D eigenvalue weighted by atomic mass is 10.2. The zero-order valence-electron chi connectivity index (χ0n) is 17.0. The molecule has 0 bridgehead atoms. The molecule has 0 heterocycles. The van der Waals surface area contributed by atoms with Crippen LogP contribution >= 0.6 is 0 Å². The molecule has 0 saturated carbocycles. The summed E-state index contributed by atoms with van der Waals surface area (Å²) >= 11 is 0. The summed E-state index contributed by atoms with van der Waals surface area (Å²) in [5.41, 5.74) is 0.888. The molecular formula is C23H24N2O6-2. The Labute approximate surface area is 181 Å². The van der Waals surface area contributed by atoms with E-state index >= 15 is 0 Å². The summed E-state index contributed by atoms with van der Waals surface area (Å²) in [6.07, 6.45) is 0. The molecule has 0 radical (unpaired) electrons. The van der Waals surface area contributed by atoms with Gasteiger partial charge in [-0.25, -0.2) is 0 Å². The second-order valence-electron chi connectivity index (χ2n) is 6.41. The maximum absolute atomic E-state index is 12.1. The molecule has 0 amide bonds. The van der Waals surface area contributed by atoms with Gasteiger partial charge in [-0.1, -0.05) is 48.5 Å². The molecule has 0 aliphatic heterocycles. The van der Waals surface area contributed by atoms with Gasteiger partial charge in [-0.05, 0) is 42.0 Å². The fourth-order valence-corrected chi connectivity index (χ4v) is 2.65. The Hall–Kier alpha value is -3.14. The monoisotopic (exact) mass is 424 g/mol. The zero-order chi connectivity index (χ0) is 21.7. The fraction of sp³-hybridized carbons (Fsp3) is 0.217. The van der Waals surface area contributed by atoms with E-state index in [1.165, 1.54) is 0 Å². The van der Waals surface area contributed by atoms with E-state index in [1.54, 1.807) is 24.3 Å². The predicted molar refractivity (Wildman–Crippen MR) is 117 cm³/mol. The minimum Gasteiger partial charge on any atom is -0.762 e. The summed E-state index contributed by atoms with van der Waals surface area (Å²) in [7, 11) is 0. The normalized spacial score (nSPS) is 10.8. The van der Waals surface area contributed by atoms with E-state index in [-0.39, 0.29) is 38.7 Å². The standard InChI is InChI=1S/C23H24N2O6/c26-24(30-16-14-28-22-10-3-1-4-11-22)19-20-8-7-9-21(18-20)25(27)31-17-15-29-23-12-5-2-6-13-23/h1-13,18H,14-17,19H2/q-2. The van der Waals surface area contributed by atoms with Gasteiger partial charge in [0.1, 0.15) is 37.9 Å². The molecule has 3 aromatic carbocycles. The zero-order valence-corrected chi connectivity index (χ0v) is 17.0. The quantitative estimate of drug-likeness (QED) is 0.296. The summed E-state index contributed by atoms with van der Waals surface area (Å²) in [5, 5.41) is 24.9. The highest BCUT2D eigenvalue weighted by molar-refractivity contribution is 5.47. The first kappa shape index (κ1) is 22.5. The molecule has 8 nitrogen and oxygen atoms in total. The SMILES string of the molecule is [O-]N(Cc1cccc(N([O-])OCCOc2ccccc2)c1)OCCOc1ccccc1. The molecule has 3 rings (SSSR count). The third-order valence-electron chi connectivity index (χ3n) is 4.07. The number of nitrogens with zero attached hydrogens (tertiary/aromatic N) is 2. The lowest BCUT2D eigenvalue weighted by Crippen LogP contribution is -2.21. The van der Waals surface area contributed by atoms with E-state index in [0.717, 1.165) is 0 Å². The third kappa shape index (κ3) is 8.25. The van der Waals surface area contributed by atoms with Gasteiger partial charge in [-0.15, -0.1) is 0 Å². The molecule has 0 aromatic heterocycles. The van der Waals surface area contributed by atoms with Crippen molar-refractivity contribution in [2.75, 3.05) is 31.7 Å². The minimum absolute atomic E-state index is 0.0376. The van der Waals surface area contributed by atoms with E-state index in [4.69, 9.17) is 19.1 Å².